The minimum absolute atomic E-state index is 0.282. The Morgan fingerprint density at radius 2 is 2.30 bits per heavy atom. The Kier molecular flexibility index (Phi) is 3.21. The predicted molar refractivity (Wildman–Crippen MR) is 78.3 cm³/mol. The minimum Gasteiger partial charge on any atom is -0.466 e. The molecule has 0 aromatic carbocycles. The SMILES string of the molecule is Cc1cc2c(o1)CC(C)(C)C[C@@H]2NCc1cnn(C)c1. The second kappa shape index (κ2) is 4.77. The standard InChI is InChI=1S/C16H23N3O/c1-11-5-13-14(6-16(2,3)7-15(13)20-11)17-8-12-9-18-19(4)10-12/h5,9-10,14,17H,6-8H2,1-4H3/t14-/m0/s1. The second-order valence-electron chi connectivity index (χ2n) is 6.74. The van der Waals surface area contributed by atoms with Gasteiger partial charge in [0.25, 0.3) is 0 Å². The molecule has 4 nitrogen and oxygen atoms in total. The lowest BCUT2D eigenvalue weighted by molar-refractivity contribution is 0.233. The zero-order chi connectivity index (χ0) is 14.3. The Morgan fingerprint density at radius 3 is 3.00 bits per heavy atom. The summed E-state index contributed by atoms with van der Waals surface area (Å²) in [7, 11) is 1.95. The average molecular weight is 273 g/mol. The van der Waals surface area contributed by atoms with Gasteiger partial charge in [0.2, 0.25) is 0 Å². The van der Waals surface area contributed by atoms with Crippen LogP contribution < -0.4 is 5.32 Å². The summed E-state index contributed by atoms with van der Waals surface area (Å²) >= 11 is 0. The fourth-order valence-electron chi connectivity index (χ4n) is 3.17. The molecule has 0 saturated carbocycles. The van der Waals surface area contributed by atoms with Crippen molar-refractivity contribution in [3.05, 3.63) is 41.1 Å². The number of aryl methyl sites for hydroxylation is 2. The average Bonchev–Trinajstić information content (AvgIpc) is 2.90. The highest BCUT2D eigenvalue weighted by Gasteiger charge is 2.34. The molecule has 20 heavy (non-hydrogen) atoms. The minimum atomic E-state index is 0.282. The van der Waals surface area contributed by atoms with Crippen LogP contribution in [0.3, 0.4) is 0 Å². The van der Waals surface area contributed by atoms with Gasteiger partial charge in [0.15, 0.2) is 0 Å². The molecule has 0 aliphatic heterocycles. The first kappa shape index (κ1) is 13.4. The molecule has 0 radical (unpaired) electrons. The van der Waals surface area contributed by atoms with Crippen LogP contribution in [-0.4, -0.2) is 9.78 Å². The number of fused-ring (bicyclic) bond motifs is 1. The summed E-state index contributed by atoms with van der Waals surface area (Å²) in [6.07, 6.45) is 6.14. The fraction of sp³-hybridized carbons (Fsp3) is 0.562. The van der Waals surface area contributed by atoms with E-state index in [4.69, 9.17) is 4.42 Å². The number of hydrogen-bond acceptors (Lipinski definition) is 3. The normalized spacial score (nSPS) is 20.9. The lowest BCUT2D eigenvalue weighted by Gasteiger charge is -2.34. The van der Waals surface area contributed by atoms with Gasteiger partial charge in [0, 0.05) is 43.4 Å². The molecule has 1 atom stereocenters. The van der Waals surface area contributed by atoms with E-state index in [1.165, 1.54) is 11.1 Å². The quantitative estimate of drug-likeness (QED) is 0.934. The summed E-state index contributed by atoms with van der Waals surface area (Å²) in [5.41, 5.74) is 2.84. The highest BCUT2D eigenvalue weighted by molar-refractivity contribution is 5.29. The van der Waals surface area contributed by atoms with Crippen LogP contribution in [0.1, 0.15) is 49.0 Å². The molecule has 1 aliphatic carbocycles. The van der Waals surface area contributed by atoms with Crippen LogP contribution in [-0.2, 0) is 20.0 Å². The van der Waals surface area contributed by atoms with Gasteiger partial charge in [0.05, 0.1) is 6.20 Å². The van der Waals surface area contributed by atoms with Crippen molar-refractivity contribution < 1.29 is 4.42 Å². The lowest BCUT2D eigenvalue weighted by Crippen LogP contribution is -2.32. The Morgan fingerprint density at radius 1 is 1.50 bits per heavy atom. The first-order chi connectivity index (χ1) is 9.43. The molecule has 4 heteroatoms. The number of aromatic nitrogens is 2. The van der Waals surface area contributed by atoms with E-state index in [0.29, 0.717) is 6.04 Å². The molecule has 0 saturated heterocycles. The molecule has 0 fully saturated rings. The molecule has 2 aromatic rings. The molecule has 108 valence electrons. The molecule has 0 bridgehead atoms. The highest BCUT2D eigenvalue weighted by atomic mass is 16.3. The first-order valence-electron chi connectivity index (χ1n) is 7.23. The van der Waals surface area contributed by atoms with Gasteiger partial charge in [-0.25, -0.2) is 0 Å². The van der Waals surface area contributed by atoms with Crippen molar-refractivity contribution in [3.8, 4) is 0 Å². The van der Waals surface area contributed by atoms with E-state index in [1.807, 2.05) is 24.9 Å². The van der Waals surface area contributed by atoms with Gasteiger partial charge in [-0.15, -0.1) is 0 Å². The van der Waals surface area contributed by atoms with Gasteiger partial charge >= 0.3 is 0 Å². The van der Waals surface area contributed by atoms with Crippen molar-refractivity contribution in [1.82, 2.24) is 15.1 Å². The molecule has 0 spiro atoms. The number of rotatable bonds is 3. The van der Waals surface area contributed by atoms with Crippen LogP contribution in [0, 0.1) is 12.3 Å². The smallest absolute Gasteiger partial charge is 0.109 e. The van der Waals surface area contributed by atoms with Crippen molar-refractivity contribution in [2.24, 2.45) is 12.5 Å². The molecule has 1 N–H and O–H groups in total. The lowest BCUT2D eigenvalue weighted by atomic mass is 9.74. The van der Waals surface area contributed by atoms with E-state index in [2.05, 4.69) is 36.5 Å². The van der Waals surface area contributed by atoms with E-state index in [9.17, 15) is 0 Å². The van der Waals surface area contributed by atoms with E-state index in [-0.39, 0.29) is 5.41 Å². The molecular formula is C16H23N3O. The Balaban J connectivity index is 1.78. The van der Waals surface area contributed by atoms with Crippen LogP contribution in [0.4, 0.5) is 0 Å². The van der Waals surface area contributed by atoms with Gasteiger partial charge in [-0.1, -0.05) is 13.8 Å². The zero-order valence-electron chi connectivity index (χ0n) is 12.7. The molecule has 3 rings (SSSR count). The first-order valence-corrected chi connectivity index (χ1v) is 7.23. The van der Waals surface area contributed by atoms with Crippen LogP contribution in [0.25, 0.3) is 0 Å². The van der Waals surface area contributed by atoms with Gasteiger partial charge in [-0.2, -0.15) is 5.10 Å². The summed E-state index contributed by atoms with van der Waals surface area (Å²) in [4.78, 5) is 0. The summed E-state index contributed by atoms with van der Waals surface area (Å²) < 4.78 is 7.71. The Hall–Kier alpha value is -1.55. The monoisotopic (exact) mass is 273 g/mol. The molecule has 1 aliphatic rings. The van der Waals surface area contributed by atoms with Crippen molar-refractivity contribution >= 4 is 0 Å². The fourth-order valence-corrected chi connectivity index (χ4v) is 3.17. The van der Waals surface area contributed by atoms with Crippen molar-refractivity contribution in [1.29, 1.82) is 0 Å². The highest BCUT2D eigenvalue weighted by Crippen LogP contribution is 2.42. The molecule has 0 unspecified atom stereocenters. The third kappa shape index (κ3) is 2.66. The third-order valence-corrected chi connectivity index (χ3v) is 4.05. The summed E-state index contributed by atoms with van der Waals surface area (Å²) in [5.74, 6) is 2.17. The topological polar surface area (TPSA) is 43.0 Å². The largest absolute Gasteiger partial charge is 0.466 e. The van der Waals surface area contributed by atoms with Crippen LogP contribution in [0.15, 0.2) is 22.9 Å². The number of nitrogens with zero attached hydrogens (tertiary/aromatic N) is 2. The van der Waals surface area contributed by atoms with Gasteiger partial charge in [0.1, 0.15) is 11.5 Å². The molecule has 2 heterocycles. The second-order valence-corrected chi connectivity index (χ2v) is 6.74. The summed E-state index contributed by atoms with van der Waals surface area (Å²) in [5, 5.41) is 7.88. The van der Waals surface area contributed by atoms with E-state index in [0.717, 1.165) is 30.9 Å². The van der Waals surface area contributed by atoms with Gasteiger partial charge in [-0.05, 0) is 24.8 Å². The Bertz CT molecular complexity index is 609. The third-order valence-electron chi connectivity index (χ3n) is 4.05. The molecular weight excluding hydrogens is 250 g/mol. The van der Waals surface area contributed by atoms with Crippen molar-refractivity contribution in [2.75, 3.05) is 0 Å². The van der Waals surface area contributed by atoms with E-state index < -0.39 is 0 Å². The van der Waals surface area contributed by atoms with E-state index in [1.54, 1.807) is 0 Å². The van der Waals surface area contributed by atoms with E-state index >= 15 is 0 Å². The maximum atomic E-state index is 5.87. The number of nitrogens with one attached hydrogen (secondary N) is 1. The maximum absolute atomic E-state index is 5.87. The summed E-state index contributed by atoms with van der Waals surface area (Å²) in [6.45, 7) is 7.50. The maximum Gasteiger partial charge on any atom is 0.109 e. The van der Waals surface area contributed by atoms with Crippen LogP contribution in [0.5, 0.6) is 0 Å². The van der Waals surface area contributed by atoms with Crippen LogP contribution >= 0.6 is 0 Å². The number of hydrogen-bond donors (Lipinski definition) is 1. The van der Waals surface area contributed by atoms with Gasteiger partial charge in [-0.3, -0.25) is 4.68 Å². The number of furan rings is 1. The Labute approximate surface area is 120 Å². The zero-order valence-corrected chi connectivity index (χ0v) is 12.7. The van der Waals surface area contributed by atoms with Gasteiger partial charge < -0.3 is 9.73 Å². The summed E-state index contributed by atoms with van der Waals surface area (Å²) in [6, 6.07) is 2.55. The predicted octanol–water partition coefficient (Wildman–Crippen LogP) is 3.12. The van der Waals surface area contributed by atoms with Crippen molar-refractivity contribution in [3.63, 3.8) is 0 Å². The van der Waals surface area contributed by atoms with Crippen molar-refractivity contribution in [2.45, 2.75) is 46.2 Å². The molecule has 2 aromatic heterocycles. The molecule has 0 amide bonds. The van der Waals surface area contributed by atoms with Crippen LogP contribution in [0.2, 0.25) is 0 Å².